The molecule has 6 heteroatoms. The summed E-state index contributed by atoms with van der Waals surface area (Å²) in [4.78, 5) is 16.1. The number of rotatable bonds is 7. The summed E-state index contributed by atoms with van der Waals surface area (Å²) < 4.78 is 10.8. The number of hydrogen-bond donors (Lipinski definition) is 2. The zero-order valence-electron chi connectivity index (χ0n) is 14.2. The molecule has 0 radical (unpaired) electrons. The highest BCUT2D eigenvalue weighted by atomic mass is 16.5. The van der Waals surface area contributed by atoms with E-state index in [0.717, 1.165) is 5.56 Å². The molecule has 0 spiro atoms. The van der Waals surface area contributed by atoms with Gasteiger partial charge in [-0.2, -0.15) is 0 Å². The number of aromatic nitrogens is 1. The van der Waals surface area contributed by atoms with Crippen LogP contribution < -0.4 is 20.1 Å². The highest BCUT2D eigenvalue weighted by Crippen LogP contribution is 2.24. The largest absolute Gasteiger partial charge is 0.491 e. The van der Waals surface area contributed by atoms with Crippen molar-refractivity contribution in [2.24, 2.45) is 5.92 Å². The molecule has 0 aliphatic rings. The highest BCUT2D eigenvalue weighted by Gasteiger charge is 2.08. The molecule has 0 saturated heterocycles. The summed E-state index contributed by atoms with van der Waals surface area (Å²) in [5.74, 6) is 1.59. The molecule has 2 N–H and O–H groups in total. The summed E-state index contributed by atoms with van der Waals surface area (Å²) in [7, 11) is 1.56. The SMILES string of the molecule is COc1cc(CNC(=O)Nc2ccccc2OCC(C)C)ccn1. The molecule has 2 rings (SSSR count). The maximum atomic E-state index is 12.1. The summed E-state index contributed by atoms with van der Waals surface area (Å²) >= 11 is 0. The van der Waals surface area contributed by atoms with E-state index in [1.807, 2.05) is 30.3 Å². The number of benzene rings is 1. The second-order valence-electron chi connectivity index (χ2n) is 5.72. The van der Waals surface area contributed by atoms with Crippen molar-refractivity contribution >= 4 is 11.7 Å². The van der Waals surface area contributed by atoms with E-state index in [4.69, 9.17) is 9.47 Å². The molecule has 2 amide bonds. The molecule has 24 heavy (non-hydrogen) atoms. The average Bonchev–Trinajstić information content (AvgIpc) is 2.59. The van der Waals surface area contributed by atoms with Crippen molar-refractivity contribution in [1.82, 2.24) is 10.3 Å². The van der Waals surface area contributed by atoms with E-state index in [9.17, 15) is 4.79 Å². The second-order valence-corrected chi connectivity index (χ2v) is 5.72. The van der Waals surface area contributed by atoms with Crippen LogP contribution in [-0.4, -0.2) is 24.7 Å². The van der Waals surface area contributed by atoms with Crippen LogP contribution in [0.5, 0.6) is 11.6 Å². The third-order valence-corrected chi connectivity index (χ3v) is 3.17. The molecular formula is C18H23N3O3. The molecule has 1 aromatic carbocycles. The number of carbonyl (C=O) groups is 1. The van der Waals surface area contributed by atoms with Gasteiger partial charge in [-0.1, -0.05) is 26.0 Å². The molecule has 0 saturated carbocycles. The van der Waals surface area contributed by atoms with Crippen LogP contribution in [-0.2, 0) is 6.54 Å². The summed E-state index contributed by atoms with van der Waals surface area (Å²) in [6, 6.07) is 10.7. The lowest BCUT2D eigenvalue weighted by Crippen LogP contribution is -2.28. The van der Waals surface area contributed by atoms with E-state index in [2.05, 4.69) is 29.5 Å². The Labute approximate surface area is 142 Å². The number of nitrogens with zero attached hydrogens (tertiary/aromatic N) is 1. The first-order chi connectivity index (χ1) is 11.6. The Morgan fingerprint density at radius 1 is 1.25 bits per heavy atom. The van der Waals surface area contributed by atoms with Crippen molar-refractivity contribution in [1.29, 1.82) is 0 Å². The molecule has 0 aliphatic heterocycles. The van der Waals surface area contributed by atoms with E-state index in [1.165, 1.54) is 0 Å². The number of urea groups is 1. The number of hydrogen-bond acceptors (Lipinski definition) is 4. The Kier molecular flexibility index (Phi) is 6.42. The van der Waals surface area contributed by atoms with Crippen LogP contribution >= 0.6 is 0 Å². The Bertz CT molecular complexity index is 674. The van der Waals surface area contributed by atoms with E-state index in [0.29, 0.717) is 36.4 Å². The standard InChI is InChI=1S/C18H23N3O3/c1-13(2)12-24-16-7-5-4-6-15(16)21-18(22)20-11-14-8-9-19-17(10-14)23-3/h4-10,13H,11-12H2,1-3H3,(H2,20,21,22). The zero-order chi connectivity index (χ0) is 17.4. The van der Waals surface area contributed by atoms with Gasteiger partial charge in [0.25, 0.3) is 0 Å². The molecule has 0 unspecified atom stereocenters. The van der Waals surface area contributed by atoms with E-state index in [-0.39, 0.29) is 6.03 Å². The van der Waals surface area contributed by atoms with Crippen LogP contribution in [0.3, 0.4) is 0 Å². The molecule has 0 atom stereocenters. The fraction of sp³-hybridized carbons (Fsp3) is 0.333. The number of methoxy groups -OCH3 is 1. The van der Waals surface area contributed by atoms with Crippen LogP contribution in [0.25, 0.3) is 0 Å². The fourth-order valence-corrected chi connectivity index (χ4v) is 1.97. The van der Waals surface area contributed by atoms with Crippen LogP contribution in [0.15, 0.2) is 42.6 Å². The van der Waals surface area contributed by atoms with Crippen molar-refractivity contribution in [3.05, 3.63) is 48.2 Å². The van der Waals surface area contributed by atoms with Gasteiger partial charge in [0.1, 0.15) is 5.75 Å². The van der Waals surface area contributed by atoms with E-state index in [1.54, 1.807) is 19.4 Å². The summed E-state index contributed by atoms with van der Waals surface area (Å²) in [5.41, 5.74) is 1.55. The van der Waals surface area contributed by atoms with Gasteiger partial charge < -0.3 is 20.1 Å². The Morgan fingerprint density at radius 2 is 2.04 bits per heavy atom. The lowest BCUT2D eigenvalue weighted by atomic mass is 10.2. The number of carbonyl (C=O) groups excluding carboxylic acids is 1. The predicted molar refractivity (Wildman–Crippen MR) is 93.4 cm³/mol. The maximum absolute atomic E-state index is 12.1. The van der Waals surface area contributed by atoms with Crippen LogP contribution in [0.1, 0.15) is 19.4 Å². The summed E-state index contributed by atoms with van der Waals surface area (Å²) in [5, 5.41) is 5.61. The Balaban J connectivity index is 1.92. The zero-order valence-corrected chi connectivity index (χ0v) is 14.2. The molecule has 1 heterocycles. The molecular weight excluding hydrogens is 306 g/mol. The van der Waals surface area contributed by atoms with Gasteiger partial charge in [0, 0.05) is 18.8 Å². The molecule has 2 aromatic rings. The number of pyridine rings is 1. The van der Waals surface area contributed by atoms with Crippen LogP contribution in [0, 0.1) is 5.92 Å². The molecule has 128 valence electrons. The molecule has 0 aliphatic carbocycles. The fourth-order valence-electron chi connectivity index (χ4n) is 1.97. The van der Waals surface area contributed by atoms with Crippen molar-refractivity contribution < 1.29 is 14.3 Å². The first-order valence-corrected chi connectivity index (χ1v) is 7.84. The summed E-state index contributed by atoms with van der Waals surface area (Å²) in [6.07, 6.45) is 1.64. The first-order valence-electron chi connectivity index (χ1n) is 7.84. The molecule has 1 aromatic heterocycles. The highest BCUT2D eigenvalue weighted by molar-refractivity contribution is 5.90. The minimum absolute atomic E-state index is 0.300. The smallest absolute Gasteiger partial charge is 0.319 e. The lowest BCUT2D eigenvalue weighted by Gasteiger charge is -2.14. The van der Waals surface area contributed by atoms with E-state index >= 15 is 0 Å². The van der Waals surface area contributed by atoms with Gasteiger partial charge in [0.2, 0.25) is 5.88 Å². The van der Waals surface area contributed by atoms with Crippen LogP contribution in [0.4, 0.5) is 10.5 Å². The second kappa shape index (κ2) is 8.76. The van der Waals surface area contributed by atoms with Crippen molar-refractivity contribution in [2.45, 2.75) is 20.4 Å². The first kappa shape index (κ1) is 17.6. The van der Waals surface area contributed by atoms with Gasteiger partial charge in [0.15, 0.2) is 0 Å². The van der Waals surface area contributed by atoms with Crippen molar-refractivity contribution in [2.75, 3.05) is 19.0 Å². The monoisotopic (exact) mass is 329 g/mol. The number of anilines is 1. The number of para-hydroxylation sites is 2. The Morgan fingerprint density at radius 3 is 2.79 bits per heavy atom. The van der Waals surface area contributed by atoms with Crippen molar-refractivity contribution in [3.63, 3.8) is 0 Å². The van der Waals surface area contributed by atoms with Crippen molar-refractivity contribution in [3.8, 4) is 11.6 Å². The van der Waals surface area contributed by atoms with Gasteiger partial charge in [-0.3, -0.25) is 0 Å². The molecule has 6 nitrogen and oxygen atoms in total. The molecule has 0 fully saturated rings. The maximum Gasteiger partial charge on any atom is 0.319 e. The number of nitrogens with one attached hydrogen (secondary N) is 2. The van der Waals surface area contributed by atoms with E-state index < -0.39 is 0 Å². The number of amides is 2. The minimum atomic E-state index is -0.300. The molecule has 0 bridgehead atoms. The Hall–Kier alpha value is -2.76. The summed E-state index contributed by atoms with van der Waals surface area (Å²) in [6.45, 7) is 5.12. The lowest BCUT2D eigenvalue weighted by molar-refractivity contribution is 0.251. The quantitative estimate of drug-likeness (QED) is 0.816. The predicted octanol–water partition coefficient (Wildman–Crippen LogP) is 3.45. The topological polar surface area (TPSA) is 72.5 Å². The minimum Gasteiger partial charge on any atom is -0.491 e. The van der Waals surface area contributed by atoms with Gasteiger partial charge in [-0.05, 0) is 29.7 Å². The van der Waals surface area contributed by atoms with Crippen LogP contribution in [0.2, 0.25) is 0 Å². The van der Waals surface area contributed by atoms with Gasteiger partial charge in [-0.15, -0.1) is 0 Å². The van der Waals surface area contributed by atoms with Gasteiger partial charge >= 0.3 is 6.03 Å². The number of ether oxygens (including phenoxy) is 2. The van der Waals surface area contributed by atoms with Gasteiger partial charge in [-0.25, -0.2) is 9.78 Å². The third kappa shape index (κ3) is 5.46. The average molecular weight is 329 g/mol. The van der Waals surface area contributed by atoms with Gasteiger partial charge in [0.05, 0.1) is 19.4 Å². The normalized spacial score (nSPS) is 10.3. The third-order valence-electron chi connectivity index (χ3n) is 3.17.